The lowest BCUT2D eigenvalue weighted by Crippen LogP contribution is -2.09. The molecular formula is C11H10ClF3O. The van der Waals surface area contributed by atoms with Gasteiger partial charge in [0, 0.05) is 11.4 Å². The van der Waals surface area contributed by atoms with E-state index < -0.39 is 11.7 Å². The predicted molar refractivity (Wildman–Crippen MR) is 57.8 cm³/mol. The first-order valence-electron chi connectivity index (χ1n) is 4.40. The molecule has 1 rings (SSSR count). The van der Waals surface area contributed by atoms with Gasteiger partial charge in [0.25, 0.3) is 0 Å². The second-order valence-corrected chi connectivity index (χ2v) is 3.39. The van der Waals surface area contributed by atoms with E-state index in [2.05, 4.69) is 6.58 Å². The minimum atomic E-state index is -4.45. The Bertz CT molecular complexity index is 399. The van der Waals surface area contributed by atoms with Crippen LogP contribution in [0.2, 0.25) is 0 Å². The van der Waals surface area contributed by atoms with Gasteiger partial charge in [-0.25, -0.2) is 0 Å². The number of benzene rings is 1. The highest BCUT2D eigenvalue weighted by Gasteiger charge is 2.35. The van der Waals surface area contributed by atoms with Gasteiger partial charge in [-0.05, 0) is 11.6 Å². The lowest BCUT2D eigenvalue weighted by molar-refractivity contribution is -0.138. The molecule has 1 nitrogen and oxygen atoms in total. The summed E-state index contributed by atoms with van der Waals surface area (Å²) in [5.74, 6) is -0.182. The summed E-state index contributed by atoms with van der Waals surface area (Å²) in [6.45, 7) is 3.60. The van der Waals surface area contributed by atoms with E-state index >= 15 is 0 Å². The van der Waals surface area contributed by atoms with Gasteiger partial charge < -0.3 is 4.74 Å². The van der Waals surface area contributed by atoms with E-state index in [9.17, 15) is 13.2 Å². The molecule has 0 atom stereocenters. The largest absolute Gasteiger partial charge is 0.495 e. The fourth-order valence-electron chi connectivity index (χ4n) is 1.33. The predicted octanol–water partition coefficient (Wildman–Crippen LogP) is 3.97. The Morgan fingerprint density at radius 3 is 2.50 bits per heavy atom. The number of methoxy groups -OCH3 is 1. The molecule has 0 aliphatic rings. The molecule has 0 aliphatic heterocycles. The summed E-state index contributed by atoms with van der Waals surface area (Å²) in [5, 5.41) is 0. The molecule has 0 amide bonds. The maximum absolute atomic E-state index is 12.6. The molecule has 0 fully saturated rings. The van der Waals surface area contributed by atoms with Crippen molar-refractivity contribution in [3.8, 4) is 5.75 Å². The van der Waals surface area contributed by atoms with Crippen molar-refractivity contribution in [2.24, 2.45) is 0 Å². The quantitative estimate of drug-likeness (QED) is 0.738. The number of allylic oxidation sites excluding steroid dienone is 1. The fraction of sp³-hybridized carbons (Fsp3) is 0.273. The van der Waals surface area contributed by atoms with Gasteiger partial charge in [0.15, 0.2) is 0 Å². The van der Waals surface area contributed by atoms with E-state index in [0.717, 1.165) is 6.07 Å². The second-order valence-electron chi connectivity index (χ2n) is 3.12. The van der Waals surface area contributed by atoms with Gasteiger partial charge in [-0.15, -0.1) is 11.6 Å². The molecule has 0 unspecified atom stereocenters. The van der Waals surface area contributed by atoms with Crippen molar-refractivity contribution in [2.75, 3.05) is 13.0 Å². The highest BCUT2D eigenvalue weighted by atomic mass is 35.5. The summed E-state index contributed by atoms with van der Waals surface area (Å²) in [6, 6.07) is 3.76. The van der Waals surface area contributed by atoms with E-state index in [1.807, 2.05) is 0 Å². The normalized spacial score (nSPS) is 11.3. The minimum Gasteiger partial charge on any atom is -0.495 e. The van der Waals surface area contributed by atoms with E-state index in [0.29, 0.717) is 5.57 Å². The lowest BCUT2D eigenvalue weighted by Gasteiger charge is -2.15. The molecule has 0 spiro atoms. The second kappa shape index (κ2) is 4.78. The molecule has 0 aliphatic carbocycles. The van der Waals surface area contributed by atoms with E-state index in [-0.39, 0.29) is 17.2 Å². The minimum absolute atomic E-state index is 0.0532. The summed E-state index contributed by atoms with van der Waals surface area (Å²) in [7, 11) is 1.19. The number of para-hydroxylation sites is 1. The van der Waals surface area contributed by atoms with Crippen LogP contribution in [0.1, 0.15) is 11.1 Å². The van der Waals surface area contributed by atoms with Gasteiger partial charge in [-0.3, -0.25) is 0 Å². The standard InChI is InChI=1S/C11H10ClF3O/c1-7(6-12)8-4-3-5-9(10(8)16-2)11(13,14)15/h3-5H,1,6H2,2H3. The molecule has 0 aromatic heterocycles. The smallest absolute Gasteiger partial charge is 0.419 e. The summed E-state index contributed by atoms with van der Waals surface area (Å²) in [4.78, 5) is 0. The zero-order chi connectivity index (χ0) is 12.3. The molecule has 1 aromatic carbocycles. The monoisotopic (exact) mass is 250 g/mol. The third-order valence-electron chi connectivity index (χ3n) is 2.07. The van der Waals surface area contributed by atoms with Crippen molar-refractivity contribution < 1.29 is 17.9 Å². The van der Waals surface area contributed by atoms with Gasteiger partial charge in [0.2, 0.25) is 0 Å². The third-order valence-corrected chi connectivity index (χ3v) is 2.39. The van der Waals surface area contributed by atoms with Gasteiger partial charge in [-0.2, -0.15) is 13.2 Å². The van der Waals surface area contributed by atoms with Crippen molar-refractivity contribution in [2.45, 2.75) is 6.18 Å². The van der Waals surface area contributed by atoms with Crippen LogP contribution in [-0.4, -0.2) is 13.0 Å². The third kappa shape index (κ3) is 2.50. The maximum Gasteiger partial charge on any atom is 0.419 e. The van der Waals surface area contributed by atoms with Crippen LogP contribution in [0, 0.1) is 0 Å². The van der Waals surface area contributed by atoms with E-state index in [4.69, 9.17) is 16.3 Å². The van der Waals surface area contributed by atoms with Gasteiger partial charge in [0.05, 0.1) is 12.7 Å². The SMILES string of the molecule is C=C(CCl)c1cccc(C(F)(F)F)c1OC. The maximum atomic E-state index is 12.6. The van der Waals surface area contributed by atoms with Crippen LogP contribution in [0.25, 0.3) is 5.57 Å². The Labute approximate surface area is 96.5 Å². The van der Waals surface area contributed by atoms with Crippen LogP contribution >= 0.6 is 11.6 Å². The van der Waals surface area contributed by atoms with Crippen molar-refractivity contribution in [1.82, 2.24) is 0 Å². The highest BCUT2D eigenvalue weighted by Crippen LogP contribution is 2.39. The first-order chi connectivity index (χ1) is 7.41. The molecular weight excluding hydrogens is 241 g/mol. The van der Waals surface area contributed by atoms with Crippen LogP contribution < -0.4 is 4.74 Å². The molecule has 1 aromatic rings. The molecule has 88 valence electrons. The molecule has 16 heavy (non-hydrogen) atoms. The number of rotatable bonds is 3. The van der Waals surface area contributed by atoms with Gasteiger partial charge in [-0.1, -0.05) is 18.7 Å². The zero-order valence-corrected chi connectivity index (χ0v) is 9.32. The van der Waals surface area contributed by atoms with E-state index in [1.165, 1.54) is 19.2 Å². The zero-order valence-electron chi connectivity index (χ0n) is 8.57. The van der Waals surface area contributed by atoms with Crippen molar-refractivity contribution in [3.63, 3.8) is 0 Å². The Balaban J connectivity index is 3.38. The van der Waals surface area contributed by atoms with Gasteiger partial charge in [0.1, 0.15) is 5.75 Å². The van der Waals surface area contributed by atoms with Crippen molar-refractivity contribution in [3.05, 3.63) is 35.9 Å². The Kier molecular flexibility index (Phi) is 3.86. The number of ether oxygens (including phenoxy) is 1. The van der Waals surface area contributed by atoms with Crippen LogP contribution in [0.3, 0.4) is 0 Å². The Morgan fingerprint density at radius 2 is 2.06 bits per heavy atom. The molecule has 5 heteroatoms. The molecule has 0 N–H and O–H groups in total. The Hall–Kier alpha value is -1.16. The van der Waals surface area contributed by atoms with Crippen LogP contribution in [0.4, 0.5) is 13.2 Å². The summed E-state index contributed by atoms with van der Waals surface area (Å²) in [6.07, 6.45) is -4.45. The topological polar surface area (TPSA) is 9.23 Å². The summed E-state index contributed by atoms with van der Waals surface area (Å²) < 4.78 is 42.7. The van der Waals surface area contributed by atoms with Crippen LogP contribution in [-0.2, 0) is 6.18 Å². The first kappa shape index (κ1) is 12.9. The molecule has 0 saturated heterocycles. The van der Waals surface area contributed by atoms with Crippen molar-refractivity contribution >= 4 is 17.2 Å². The average Bonchev–Trinajstić information content (AvgIpc) is 2.25. The fourth-order valence-corrected chi connectivity index (χ4v) is 1.47. The van der Waals surface area contributed by atoms with Gasteiger partial charge >= 0.3 is 6.18 Å². The molecule has 0 radical (unpaired) electrons. The number of halogens is 4. The number of alkyl halides is 4. The lowest BCUT2D eigenvalue weighted by atomic mass is 10.0. The number of hydrogen-bond donors (Lipinski definition) is 0. The van der Waals surface area contributed by atoms with Crippen molar-refractivity contribution in [1.29, 1.82) is 0 Å². The average molecular weight is 251 g/mol. The first-order valence-corrected chi connectivity index (χ1v) is 4.93. The van der Waals surface area contributed by atoms with E-state index in [1.54, 1.807) is 0 Å². The highest BCUT2D eigenvalue weighted by molar-refractivity contribution is 6.23. The Morgan fingerprint density at radius 1 is 1.44 bits per heavy atom. The molecule has 0 heterocycles. The summed E-state index contributed by atoms with van der Waals surface area (Å²) >= 11 is 5.55. The summed E-state index contributed by atoms with van der Waals surface area (Å²) in [5.41, 5.74) is -0.143. The molecule has 0 bridgehead atoms. The van der Waals surface area contributed by atoms with Crippen LogP contribution in [0.5, 0.6) is 5.75 Å². The molecule has 0 saturated carbocycles. The van der Waals surface area contributed by atoms with Crippen LogP contribution in [0.15, 0.2) is 24.8 Å². The number of hydrogen-bond acceptors (Lipinski definition) is 1.